The Balaban J connectivity index is 3.42. The highest BCUT2D eigenvalue weighted by atomic mass is 16.5. The number of nitrogens with two attached hydrogens (primary N) is 1. The van der Waals surface area contributed by atoms with E-state index in [0.29, 0.717) is 12.5 Å². The standard InChI is InChI=1S/C12H26N2O2/c1-10(2)9-11(13)12(15)14-7-5-4-6-8-16-3/h10-11H,4-9,13H2,1-3H3,(H,14,15)/t11-/m0/s1. The minimum atomic E-state index is -0.362. The van der Waals surface area contributed by atoms with Crippen LogP contribution in [0.5, 0.6) is 0 Å². The monoisotopic (exact) mass is 230 g/mol. The van der Waals surface area contributed by atoms with E-state index >= 15 is 0 Å². The first-order chi connectivity index (χ1) is 7.57. The molecule has 0 aromatic carbocycles. The van der Waals surface area contributed by atoms with Gasteiger partial charge in [0.05, 0.1) is 6.04 Å². The molecule has 0 aromatic heterocycles. The van der Waals surface area contributed by atoms with Gasteiger partial charge in [-0.2, -0.15) is 0 Å². The molecular weight excluding hydrogens is 204 g/mol. The molecule has 4 heteroatoms. The Morgan fingerprint density at radius 3 is 2.56 bits per heavy atom. The van der Waals surface area contributed by atoms with Crippen LogP contribution < -0.4 is 11.1 Å². The second-order valence-electron chi connectivity index (χ2n) is 4.58. The van der Waals surface area contributed by atoms with Gasteiger partial charge in [0, 0.05) is 20.3 Å². The van der Waals surface area contributed by atoms with E-state index in [1.807, 2.05) is 0 Å². The molecule has 0 aliphatic heterocycles. The van der Waals surface area contributed by atoms with E-state index in [1.165, 1.54) is 0 Å². The largest absolute Gasteiger partial charge is 0.385 e. The molecule has 96 valence electrons. The molecule has 3 N–H and O–H groups in total. The van der Waals surface area contributed by atoms with Crippen molar-refractivity contribution in [1.82, 2.24) is 5.32 Å². The normalized spacial score (nSPS) is 12.8. The first-order valence-electron chi connectivity index (χ1n) is 6.10. The highest BCUT2D eigenvalue weighted by Crippen LogP contribution is 2.02. The van der Waals surface area contributed by atoms with Crippen molar-refractivity contribution < 1.29 is 9.53 Å². The average molecular weight is 230 g/mol. The number of carbonyl (C=O) groups excluding carboxylic acids is 1. The van der Waals surface area contributed by atoms with Gasteiger partial charge in [-0.15, -0.1) is 0 Å². The van der Waals surface area contributed by atoms with Crippen LogP contribution >= 0.6 is 0 Å². The van der Waals surface area contributed by atoms with Crippen molar-refractivity contribution in [1.29, 1.82) is 0 Å². The topological polar surface area (TPSA) is 64.3 Å². The fourth-order valence-electron chi connectivity index (χ4n) is 1.51. The van der Waals surface area contributed by atoms with Crippen LogP contribution in [0.4, 0.5) is 0 Å². The number of methoxy groups -OCH3 is 1. The minimum absolute atomic E-state index is 0.0274. The molecule has 0 saturated carbocycles. The highest BCUT2D eigenvalue weighted by molar-refractivity contribution is 5.81. The molecule has 0 saturated heterocycles. The second kappa shape index (κ2) is 9.60. The van der Waals surface area contributed by atoms with Gasteiger partial charge in [-0.1, -0.05) is 13.8 Å². The molecule has 16 heavy (non-hydrogen) atoms. The molecule has 4 nitrogen and oxygen atoms in total. The Labute approximate surface area is 98.9 Å². The summed E-state index contributed by atoms with van der Waals surface area (Å²) in [6, 6.07) is -0.362. The van der Waals surface area contributed by atoms with E-state index in [4.69, 9.17) is 10.5 Å². The van der Waals surface area contributed by atoms with E-state index in [-0.39, 0.29) is 11.9 Å². The molecule has 0 spiro atoms. The van der Waals surface area contributed by atoms with Crippen molar-refractivity contribution in [2.45, 2.75) is 45.6 Å². The second-order valence-corrected chi connectivity index (χ2v) is 4.58. The number of carbonyl (C=O) groups is 1. The summed E-state index contributed by atoms with van der Waals surface area (Å²) < 4.78 is 4.94. The Hall–Kier alpha value is -0.610. The molecule has 0 radical (unpaired) electrons. The van der Waals surface area contributed by atoms with Crippen LogP contribution in [0.1, 0.15) is 39.5 Å². The summed E-state index contributed by atoms with van der Waals surface area (Å²) in [7, 11) is 1.70. The first-order valence-corrected chi connectivity index (χ1v) is 6.10. The van der Waals surface area contributed by atoms with Crippen LogP contribution in [-0.2, 0) is 9.53 Å². The summed E-state index contributed by atoms with van der Waals surface area (Å²) in [5, 5.41) is 2.86. The van der Waals surface area contributed by atoms with Gasteiger partial charge in [0.1, 0.15) is 0 Å². The maximum absolute atomic E-state index is 11.5. The van der Waals surface area contributed by atoms with Gasteiger partial charge in [-0.3, -0.25) is 4.79 Å². The van der Waals surface area contributed by atoms with Gasteiger partial charge in [-0.05, 0) is 31.6 Å². The Bertz CT molecular complexity index is 184. The van der Waals surface area contributed by atoms with Crippen molar-refractivity contribution in [2.24, 2.45) is 11.7 Å². The van der Waals surface area contributed by atoms with Gasteiger partial charge in [-0.25, -0.2) is 0 Å². The summed E-state index contributed by atoms with van der Waals surface area (Å²) in [6.45, 7) is 5.64. The van der Waals surface area contributed by atoms with Gasteiger partial charge in [0.2, 0.25) is 5.91 Å². The summed E-state index contributed by atoms with van der Waals surface area (Å²) in [5.41, 5.74) is 5.75. The van der Waals surface area contributed by atoms with Crippen molar-refractivity contribution in [2.75, 3.05) is 20.3 Å². The number of amides is 1. The van der Waals surface area contributed by atoms with Gasteiger partial charge >= 0.3 is 0 Å². The molecule has 1 atom stereocenters. The molecular formula is C12H26N2O2. The Kier molecular flexibility index (Phi) is 9.24. The molecule has 0 aliphatic carbocycles. The Morgan fingerprint density at radius 1 is 1.31 bits per heavy atom. The zero-order valence-electron chi connectivity index (χ0n) is 10.8. The molecule has 0 rings (SSSR count). The highest BCUT2D eigenvalue weighted by Gasteiger charge is 2.13. The molecule has 0 fully saturated rings. The molecule has 0 aromatic rings. The third kappa shape index (κ3) is 8.68. The lowest BCUT2D eigenvalue weighted by atomic mass is 10.0. The SMILES string of the molecule is COCCCCCNC(=O)[C@@H](N)CC(C)C. The number of unbranched alkanes of at least 4 members (excludes halogenated alkanes) is 2. The van der Waals surface area contributed by atoms with E-state index in [2.05, 4.69) is 19.2 Å². The van der Waals surface area contributed by atoms with Gasteiger partial charge < -0.3 is 15.8 Å². The lowest BCUT2D eigenvalue weighted by Gasteiger charge is -2.13. The zero-order valence-corrected chi connectivity index (χ0v) is 10.8. The maximum Gasteiger partial charge on any atom is 0.236 e. The lowest BCUT2D eigenvalue weighted by Crippen LogP contribution is -2.41. The summed E-state index contributed by atoms with van der Waals surface area (Å²) in [6.07, 6.45) is 3.86. The fourth-order valence-corrected chi connectivity index (χ4v) is 1.51. The number of rotatable bonds is 9. The van der Waals surface area contributed by atoms with E-state index in [9.17, 15) is 4.79 Å². The summed E-state index contributed by atoms with van der Waals surface area (Å²) in [4.78, 5) is 11.5. The third-order valence-electron chi connectivity index (χ3n) is 2.39. The molecule has 0 unspecified atom stereocenters. The quantitative estimate of drug-likeness (QED) is 0.587. The van der Waals surface area contributed by atoms with Crippen LogP contribution in [0.25, 0.3) is 0 Å². The molecule has 0 heterocycles. The number of hydrogen-bond donors (Lipinski definition) is 2. The zero-order chi connectivity index (χ0) is 12.4. The number of nitrogens with one attached hydrogen (secondary N) is 1. The van der Waals surface area contributed by atoms with E-state index in [1.54, 1.807) is 7.11 Å². The summed E-state index contributed by atoms with van der Waals surface area (Å²) in [5.74, 6) is 0.433. The minimum Gasteiger partial charge on any atom is -0.385 e. The van der Waals surface area contributed by atoms with Crippen molar-refractivity contribution in [3.05, 3.63) is 0 Å². The van der Waals surface area contributed by atoms with E-state index < -0.39 is 0 Å². The predicted molar refractivity (Wildman–Crippen MR) is 66.2 cm³/mol. The first kappa shape index (κ1) is 15.4. The van der Waals surface area contributed by atoms with E-state index in [0.717, 1.165) is 32.3 Å². The number of ether oxygens (including phenoxy) is 1. The molecule has 0 aliphatic rings. The van der Waals surface area contributed by atoms with Crippen molar-refractivity contribution >= 4 is 5.91 Å². The van der Waals surface area contributed by atoms with Gasteiger partial charge in [0.15, 0.2) is 0 Å². The van der Waals surface area contributed by atoms with Crippen LogP contribution in [0.15, 0.2) is 0 Å². The third-order valence-corrected chi connectivity index (χ3v) is 2.39. The van der Waals surface area contributed by atoms with Crippen molar-refractivity contribution in [3.8, 4) is 0 Å². The average Bonchev–Trinajstić information content (AvgIpc) is 2.21. The molecule has 1 amide bonds. The van der Waals surface area contributed by atoms with Crippen LogP contribution in [-0.4, -0.2) is 32.2 Å². The smallest absolute Gasteiger partial charge is 0.236 e. The lowest BCUT2D eigenvalue weighted by molar-refractivity contribution is -0.122. The fraction of sp³-hybridized carbons (Fsp3) is 0.917. The maximum atomic E-state index is 11.5. The van der Waals surface area contributed by atoms with Crippen LogP contribution in [0.2, 0.25) is 0 Å². The number of hydrogen-bond acceptors (Lipinski definition) is 3. The predicted octanol–water partition coefficient (Wildman–Crippen LogP) is 1.29. The molecule has 0 bridgehead atoms. The van der Waals surface area contributed by atoms with Crippen LogP contribution in [0.3, 0.4) is 0 Å². The van der Waals surface area contributed by atoms with Crippen molar-refractivity contribution in [3.63, 3.8) is 0 Å². The Morgan fingerprint density at radius 2 is 2.00 bits per heavy atom. The summed E-state index contributed by atoms with van der Waals surface area (Å²) >= 11 is 0. The van der Waals surface area contributed by atoms with Gasteiger partial charge in [0.25, 0.3) is 0 Å². The van der Waals surface area contributed by atoms with Crippen LogP contribution in [0, 0.1) is 5.92 Å².